The number of ether oxygens (including phenoxy) is 1. The topological polar surface area (TPSA) is 123 Å². The normalized spacial score (nSPS) is 11.0. The molecule has 0 aliphatic carbocycles. The Balaban J connectivity index is 2.26. The standard InChI is InChI=1S/C9H9IN6O2S/c10-6-4-19-8(16-9(17)13-14-15-16)5(6)3-18-7(12)1-2-11/h1-2,4,12H,3,11H2,(H,13,15,17)/b2-1-,12-7?. The Morgan fingerprint density at radius 1 is 1.74 bits per heavy atom. The summed E-state index contributed by atoms with van der Waals surface area (Å²) in [5, 5.41) is 19.3. The van der Waals surface area contributed by atoms with Crippen molar-refractivity contribution < 1.29 is 4.74 Å². The zero-order valence-corrected chi connectivity index (χ0v) is 12.4. The average molecular weight is 392 g/mol. The van der Waals surface area contributed by atoms with Crippen molar-refractivity contribution in [1.29, 1.82) is 5.41 Å². The number of rotatable bonds is 4. The number of thiophene rings is 1. The first kappa shape index (κ1) is 13.7. The fourth-order valence-electron chi connectivity index (χ4n) is 1.28. The van der Waals surface area contributed by atoms with Crippen LogP contribution < -0.4 is 11.4 Å². The Hall–Kier alpha value is -1.69. The van der Waals surface area contributed by atoms with Crippen molar-refractivity contribution in [2.75, 3.05) is 0 Å². The highest BCUT2D eigenvalue weighted by atomic mass is 127. The zero-order valence-electron chi connectivity index (χ0n) is 9.46. The Labute approximate surface area is 124 Å². The molecule has 0 fully saturated rings. The Bertz CT molecular complexity index is 672. The van der Waals surface area contributed by atoms with Crippen LogP contribution in [0.2, 0.25) is 0 Å². The molecule has 0 aliphatic rings. The van der Waals surface area contributed by atoms with Crippen LogP contribution in [0.15, 0.2) is 22.5 Å². The average Bonchev–Trinajstić information content (AvgIpc) is 2.93. The summed E-state index contributed by atoms with van der Waals surface area (Å²) < 4.78 is 7.32. The molecule has 100 valence electrons. The third-order valence-electron chi connectivity index (χ3n) is 2.10. The zero-order chi connectivity index (χ0) is 13.8. The Kier molecular flexibility index (Phi) is 4.31. The van der Waals surface area contributed by atoms with Crippen molar-refractivity contribution in [3.05, 3.63) is 37.3 Å². The lowest BCUT2D eigenvalue weighted by Gasteiger charge is -2.05. The molecule has 8 nitrogen and oxygen atoms in total. The number of H-pyrrole nitrogens is 1. The van der Waals surface area contributed by atoms with E-state index < -0.39 is 5.69 Å². The number of aromatic nitrogens is 4. The van der Waals surface area contributed by atoms with E-state index in [2.05, 4.69) is 38.1 Å². The maximum absolute atomic E-state index is 11.5. The van der Waals surface area contributed by atoms with Crippen molar-refractivity contribution in [3.63, 3.8) is 0 Å². The minimum Gasteiger partial charge on any atom is -0.473 e. The predicted octanol–water partition coefficient (Wildman–Crippen LogP) is 0.588. The van der Waals surface area contributed by atoms with Gasteiger partial charge in [-0.15, -0.1) is 16.0 Å². The number of nitrogens with zero attached hydrogens (tertiary/aromatic N) is 3. The van der Waals surface area contributed by atoms with E-state index in [1.807, 2.05) is 5.38 Å². The summed E-state index contributed by atoms with van der Waals surface area (Å²) in [6.07, 6.45) is 2.56. The van der Waals surface area contributed by atoms with Crippen LogP contribution in [0.25, 0.3) is 5.00 Å². The number of tetrazole rings is 1. The van der Waals surface area contributed by atoms with Gasteiger partial charge < -0.3 is 10.5 Å². The summed E-state index contributed by atoms with van der Waals surface area (Å²) in [6, 6.07) is 0. The van der Waals surface area contributed by atoms with Crippen molar-refractivity contribution in [2.45, 2.75) is 6.61 Å². The van der Waals surface area contributed by atoms with Crippen LogP contribution in [-0.4, -0.2) is 26.1 Å². The number of nitrogens with two attached hydrogens (primary N) is 1. The van der Waals surface area contributed by atoms with Crippen LogP contribution in [0.3, 0.4) is 0 Å². The summed E-state index contributed by atoms with van der Waals surface area (Å²) in [7, 11) is 0. The van der Waals surface area contributed by atoms with Crippen LogP contribution in [-0.2, 0) is 11.3 Å². The summed E-state index contributed by atoms with van der Waals surface area (Å²) in [5.74, 6) is -0.0528. The molecule has 4 N–H and O–H groups in total. The van der Waals surface area contributed by atoms with Crippen LogP contribution >= 0.6 is 33.9 Å². The molecular formula is C9H9IN6O2S. The minimum atomic E-state index is -0.420. The van der Waals surface area contributed by atoms with Crippen molar-refractivity contribution in [3.8, 4) is 5.00 Å². The smallest absolute Gasteiger partial charge is 0.366 e. The second-order valence-electron chi connectivity index (χ2n) is 3.30. The molecule has 2 heterocycles. The monoisotopic (exact) mass is 392 g/mol. The molecule has 2 aromatic heterocycles. The molecule has 2 rings (SSSR count). The first-order chi connectivity index (χ1) is 9.13. The van der Waals surface area contributed by atoms with Gasteiger partial charge in [0.15, 0.2) is 0 Å². The number of halogens is 1. The highest BCUT2D eigenvalue weighted by molar-refractivity contribution is 14.1. The maximum Gasteiger partial charge on any atom is 0.366 e. The van der Waals surface area contributed by atoms with Gasteiger partial charge in [-0.05, 0) is 39.2 Å². The lowest BCUT2D eigenvalue weighted by atomic mass is 10.3. The summed E-state index contributed by atoms with van der Waals surface area (Å²) >= 11 is 3.48. The second-order valence-corrected chi connectivity index (χ2v) is 5.32. The van der Waals surface area contributed by atoms with Gasteiger partial charge in [-0.25, -0.2) is 9.89 Å². The lowest BCUT2D eigenvalue weighted by Crippen LogP contribution is -2.16. The first-order valence-corrected chi connectivity index (χ1v) is 6.95. The number of nitrogens with one attached hydrogen (secondary N) is 2. The third kappa shape index (κ3) is 3.01. The number of hydrogen-bond donors (Lipinski definition) is 3. The van der Waals surface area contributed by atoms with Crippen LogP contribution in [0.4, 0.5) is 0 Å². The SMILES string of the molecule is N=C(/C=C\N)OCc1c(I)csc1-n1nn[nH]c1=O. The fraction of sp³-hybridized carbons (Fsp3) is 0.111. The van der Waals surface area contributed by atoms with Crippen LogP contribution in [0, 0.1) is 8.98 Å². The molecule has 2 aromatic rings. The highest BCUT2D eigenvalue weighted by Crippen LogP contribution is 2.27. The van der Waals surface area contributed by atoms with Gasteiger partial charge in [0.1, 0.15) is 11.6 Å². The van der Waals surface area contributed by atoms with Gasteiger partial charge in [-0.1, -0.05) is 0 Å². The van der Waals surface area contributed by atoms with Gasteiger partial charge in [0.2, 0.25) is 5.90 Å². The van der Waals surface area contributed by atoms with Gasteiger partial charge in [0, 0.05) is 20.6 Å². The molecule has 0 amide bonds. The molecule has 19 heavy (non-hydrogen) atoms. The highest BCUT2D eigenvalue weighted by Gasteiger charge is 2.15. The van der Waals surface area contributed by atoms with Gasteiger partial charge in [-0.2, -0.15) is 0 Å². The maximum atomic E-state index is 11.5. The predicted molar refractivity (Wildman–Crippen MR) is 78.4 cm³/mol. The number of hydrogen-bond acceptors (Lipinski definition) is 7. The third-order valence-corrected chi connectivity index (χ3v) is 4.49. The van der Waals surface area contributed by atoms with E-state index in [1.165, 1.54) is 23.6 Å². The van der Waals surface area contributed by atoms with E-state index in [4.69, 9.17) is 15.9 Å². The fourth-order valence-corrected chi connectivity index (χ4v) is 3.14. The Morgan fingerprint density at radius 2 is 2.53 bits per heavy atom. The second kappa shape index (κ2) is 5.97. The van der Waals surface area contributed by atoms with Crippen molar-refractivity contribution >= 4 is 39.8 Å². The van der Waals surface area contributed by atoms with Gasteiger partial charge in [-0.3, -0.25) is 5.41 Å². The van der Waals surface area contributed by atoms with Crippen molar-refractivity contribution in [2.24, 2.45) is 5.73 Å². The molecule has 10 heteroatoms. The molecule has 0 aliphatic heterocycles. The minimum absolute atomic E-state index is 0.0528. The molecule has 0 bridgehead atoms. The van der Waals surface area contributed by atoms with E-state index in [0.717, 1.165) is 13.8 Å². The van der Waals surface area contributed by atoms with E-state index in [-0.39, 0.29) is 12.5 Å². The molecule has 0 atom stereocenters. The first-order valence-electron chi connectivity index (χ1n) is 4.99. The summed E-state index contributed by atoms with van der Waals surface area (Å²) in [4.78, 5) is 11.5. The van der Waals surface area contributed by atoms with E-state index >= 15 is 0 Å². The molecule has 0 radical (unpaired) electrons. The number of aromatic amines is 1. The lowest BCUT2D eigenvalue weighted by molar-refractivity contribution is 0.291. The molecule has 0 aromatic carbocycles. The largest absolute Gasteiger partial charge is 0.473 e. The Morgan fingerprint density at radius 3 is 3.16 bits per heavy atom. The molecule has 0 saturated carbocycles. The summed E-state index contributed by atoms with van der Waals surface area (Å²) in [5.41, 5.74) is 5.52. The quantitative estimate of drug-likeness (QED) is 0.399. The van der Waals surface area contributed by atoms with Gasteiger partial charge in [0.25, 0.3) is 0 Å². The van der Waals surface area contributed by atoms with Crippen LogP contribution in [0.1, 0.15) is 5.56 Å². The van der Waals surface area contributed by atoms with E-state index in [9.17, 15) is 4.79 Å². The van der Waals surface area contributed by atoms with Crippen molar-refractivity contribution in [1.82, 2.24) is 20.2 Å². The van der Waals surface area contributed by atoms with E-state index in [1.54, 1.807) is 0 Å². The molecular weight excluding hydrogens is 383 g/mol. The van der Waals surface area contributed by atoms with Crippen LogP contribution in [0.5, 0.6) is 0 Å². The molecule has 0 spiro atoms. The molecule has 0 unspecified atom stereocenters. The van der Waals surface area contributed by atoms with Gasteiger partial charge >= 0.3 is 5.69 Å². The van der Waals surface area contributed by atoms with E-state index in [0.29, 0.717) is 5.00 Å². The summed E-state index contributed by atoms with van der Waals surface area (Å²) in [6.45, 7) is 0.152. The molecule has 0 saturated heterocycles. The van der Waals surface area contributed by atoms with Gasteiger partial charge in [0.05, 0.1) is 0 Å².